The fourth-order valence-corrected chi connectivity index (χ4v) is 2.36. The van der Waals surface area contributed by atoms with Crippen molar-refractivity contribution in [1.29, 1.82) is 0 Å². The molecule has 1 aromatic carbocycles. The Kier molecular flexibility index (Phi) is 2.26. The van der Waals surface area contributed by atoms with E-state index in [-0.39, 0.29) is 0 Å². The van der Waals surface area contributed by atoms with Crippen LogP contribution in [0.3, 0.4) is 0 Å². The summed E-state index contributed by atoms with van der Waals surface area (Å²) in [6.07, 6.45) is 0.801. The van der Waals surface area contributed by atoms with Crippen molar-refractivity contribution >= 4 is 22.6 Å². The van der Waals surface area contributed by atoms with Crippen LogP contribution in [-0.2, 0) is 0 Å². The first-order valence-corrected chi connectivity index (χ1v) is 6.02. The zero-order valence-corrected chi connectivity index (χ0v) is 9.94. The molecule has 0 spiro atoms. The van der Waals surface area contributed by atoms with Crippen LogP contribution in [-0.4, -0.2) is 20.9 Å². The van der Waals surface area contributed by atoms with E-state index in [4.69, 9.17) is 0 Å². The molecule has 4 nitrogen and oxygen atoms in total. The van der Waals surface area contributed by atoms with Gasteiger partial charge in [-0.05, 0) is 6.92 Å². The lowest BCUT2D eigenvalue weighted by Crippen LogP contribution is -1.92. The molecule has 0 saturated carbocycles. The summed E-state index contributed by atoms with van der Waals surface area (Å²) in [5.74, 6) is 0. The molecule has 0 atom stereocenters. The van der Waals surface area contributed by atoms with Crippen LogP contribution in [0, 0.1) is 6.92 Å². The van der Waals surface area contributed by atoms with Gasteiger partial charge in [-0.2, -0.15) is 9.61 Å². The molecule has 0 N–H and O–H groups in total. The molecule has 0 bridgehead atoms. The molecule has 2 heterocycles. The molecule has 0 aliphatic heterocycles. The molecule has 2 aromatic heterocycles. The lowest BCUT2D eigenvalue weighted by atomic mass is 10.1. The van der Waals surface area contributed by atoms with Crippen molar-refractivity contribution in [2.45, 2.75) is 6.92 Å². The molecule has 5 heteroatoms. The van der Waals surface area contributed by atoms with E-state index in [9.17, 15) is 4.79 Å². The second-order valence-corrected chi connectivity index (χ2v) is 4.57. The maximum Gasteiger partial charge on any atom is 0.213 e. The summed E-state index contributed by atoms with van der Waals surface area (Å²) in [7, 11) is 0. The topological polar surface area (TPSA) is 47.3 Å². The predicted octanol–water partition coefficient (Wildman–Crippen LogP) is 2.58. The highest BCUT2D eigenvalue weighted by Gasteiger charge is 2.14. The second-order valence-electron chi connectivity index (χ2n) is 3.76. The normalized spacial score (nSPS) is 10.9. The highest BCUT2D eigenvalue weighted by Crippen LogP contribution is 2.24. The summed E-state index contributed by atoms with van der Waals surface area (Å²) < 4.78 is 1.58. The van der Waals surface area contributed by atoms with Crippen molar-refractivity contribution < 1.29 is 4.79 Å². The molecule has 84 valence electrons. The first-order valence-electron chi connectivity index (χ1n) is 5.14. The minimum absolute atomic E-state index is 0.505. The lowest BCUT2D eigenvalue weighted by Gasteiger charge is -1.98. The van der Waals surface area contributed by atoms with Gasteiger partial charge in [-0.3, -0.25) is 4.79 Å². The predicted molar refractivity (Wildman–Crippen MR) is 66.4 cm³/mol. The molecule has 0 unspecified atom stereocenters. The number of carbonyl (C=O) groups is 1. The number of aryl methyl sites for hydroxylation is 1. The highest BCUT2D eigenvalue weighted by molar-refractivity contribution is 7.14. The number of hydrogen-bond acceptors (Lipinski definition) is 4. The van der Waals surface area contributed by atoms with Crippen LogP contribution in [0.1, 0.15) is 16.1 Å². The Bertz CT molecular complexity index is 681. The van der Waals surface area contributed by atoms with E-state index >= 15 is 0 Å². The highest BCUT2D eigenvalue weighted by atomic mass is 32.1. The molecular formula is C12H9N3OS. The summed E-state index contributed by atoms with van der Waals surface area (Å²) >= 11 is 1.42. The molecule has 0 radical (unpaired) electrons. The monoisotopic (exact) mass is 243 g/mol. The Morgan fingerprint density at radius 1 is 1.29 bits per heavy atom. The van der Waals surface area contributed by atoms with Gasteiger partial charge in [-0.1, -0.05) is 41.2 Å². The largest absolute Gasteiger partial charge is 0.296 e. The Balaban J connectivity index is 2.25. The van der Waals surface area contributed by atoms with Crippen LogP contribution in [0.5, 0.6) is 0 Å². The molecule has 0 amide bonds. The van der Waals surface area contributed by atoms with E-state index in [0.29, 0.717) is 11.4 Å². The smallest absolute Gasteiger partial charge is 0.213 e. The van der Waals surface area contributed by atoms with Crippen molar-refractivity contribution in [2.75, 3.05) is 0 Å². The van der Waals surface area contributed by atoms with Crippen molar-refractivity contribution in [1.82, 2.24) is 14.6 Å². The van der Waals surface area contributed by atoms with E-state index in [1.807, 2.05) is 31.2 Å². The zero-order chi connectivity index (χ0) is 11.8. The van der Waals surface area contributed by atoms with Crippen molar-refractivity contribution in [3.05, 3.63) is 41.0 Å². The van der Waals surface area contributed by atoms with Gasteiger partial charge in [0.05, 0.1) is 0 Å². The molecular weight excluding hydrogens is 234 g/mol. The summed E-state index contributed by atoms with van der Waals surface area (Å²) in [5, 5.41) is 4.09. The third kappa shape index (κ3) is 1.55. The van der Waals surface area contributed by atoms with E-state index in [0.717, 1.165) is 16.8 Å². The van der Waals surface area contributed by atoms with Crippen LogP contribution < -0.4 is 0 Å². The summed E-state index contributed by atoms with van der Waals surface area (Å²) in [4.78, 5) is 16.3. The SMILES string of the molecule is Cc1ccc(-c2nc3scnn3c2C=O)cc1. The van der Waals surface area contributed by atoms with Gasteiger partial charge in [-0.25, -0.2) is 4.98 Å². The van der Waals surface area contributed by atoms with E-state index in [1.165, 1.54) is 16.9 Å². The quantitative estimate of drug-likeness (QED) is 0.650. The standard InChI is InChI=1S/C12H9N3OS/c1-8-2-4-9(5-3-8)11-10(6-16)15-12(14-11)17-7-13-15/h2-7H,1H3. The molecule has 3 rings (SSSR count). The summed E-state index contributed by atoms with van der Waals surface area (Å²) in [5.41, 5.74) is 4.99. The maximum absolute atomic E-state index is 11.1. The fourth-order valence-electron chi connectivity index (χ4n) is 1.74. The van der Waals surface area contributed by atoms with Crippen LogP contribution in [0.15, 0.2) is 29.8 Å². The van der Waals surface area contributed by atoms with Crippen LogP contribution in [0.4, 0.5) is 0 Å². The molecule has 17 heavy (non-hydrogen) atoms. The van der Waals surface area contributed by atoms with Gasteiger partial charge < -0.3 is 0 Å². The van der Waals surface area contributed by atoms with E-state index in [2.05, 4.69) is 10.1 Å². The number of rotatable bonds is 2. The van der Waals surface area contributed by atoms with Gasteiger partial charge in [0.1, 0.15) is 16.9 Å². The average Bonchev–Trinajstić information content (AvgIpc) is 2.89. The van der Waals surface area contributed by atoms with E-state index in [1.54, 1.807) is 10.0 Å². The number of nitrogens with zero attached hydrogens (tertiary/aromatic N) is 3. The fraction of sp³-hybridized carbons (Fsp3) is 0.0833. The molecule has 0 saturated heterocycles. The number of aromatic nitrogens is 3. The second kappa shape index (κ2) is 3.78. The average molecular weight is 243 g/mol. The number of fused-ring (bicyclic) bond motifs is 1. The van der Waals surface area contributed by atoms with Crippen molar-refractivity contribution in [3.8, 4) is 11.3 Å². The molecule has 3 aromatic rings. The van der Waals surface area contributed by atoms with Crippen LogP contribution in [0.2, 0.25) is 0 Å². The Labute approximate surface area is 102 Å². The molecule has 0 aliphatic carbocycles. The van der Waals surface area contributed by atoms with Gasteiger partial charge in [0.15, 0.2) is 6.29 Å². The van der Waals surface area contributed by atoms with Gasteiger partial charge in [0.25, 0.3) is 0 Å². The number of benzene rings is 1. The Morgan fingerprint density at radius 2 is 2.06 bits per heavy atom. The van der Waals surface area contributed by atoms with Crippen molar-refractivity contribution in [2.24, 2.45) is 0 Å². The minimum Gasteiger partial charge on any atom is -0.296 e. The minimum atomic E-state index is 0.505. The van der Waals surface area contributed by atoms with Crippen LogP contribution >= 0.6 is 11.3 Å². The first-order chi connectivity index (χ1) is 8.29. The lowest BCUT2D eigenvalue weighted by molar-refractivity contribution is 0.111. The summed E-state index contributed by atoms with van der Waals surface area (Å²) in [6.45, 7) is 2.03. The van der Waals surface area contributed by atoms with Crippen molar-refractivity contribution in [3.63, 3.8) is 0 Å². The summed E-state index contributed by atoms with van der Waals surface area (Å²) in [6, 6.07) is 7.94. The Hall–Kier alpha value is -2.01. The molecule has 0 fully saturated rings. The number of aldehydes is 1. The first kappa shape index (κ1) is 10.2. The number of imidazole rings is 1. The maximum atomic E-state index is 11.1. The van der Waals surface area contributed by atoms with Gasteiger partial charge in [0, 0.05) is 5.56 Å². The van der Waals surface area contributed by atoms with Gasteiger partial charge >= 0.3 is 0 Å². The number of carbonyl (C=O) groups excluding carboxylic acids is 1. The van der Waals surface area contributed by atoms with Crippen LogP contribution in [0.25, 0.3) is 16.2 Å². The van der Waals surface area contributed by atoms with Gasteiger partial charge in [-0.15, -0.1) is 0 Å². The van der Waals surface area contributed by atoms with E-state index < -0.39 is 0 Å². The zero-order valence-electron chi connectivity index (χ0n) is 9.12. The Morgan fingerprint density at radius 3 is 2.76 bits per heavy atom. The molecule has 0 aliphatic rings. The van der Waals surface area contributed by atoms with Gasteiger partial charge in [0.2, 0.25) is 4.96 Å². The number of hydrogen-bond donors (Lipinski definition) is 0. The third-order valence-electron chi connectivity index (χ3n) is 2.62. The third-order valence-corrected chi connectivity index (χ3v) is 3.29.